The van der Waals surface area contributed by atoms with E-state index in [2.05, 4.69) is 5.32 Å². The van der Waals surface area contributed by atoms with Gasteiger partial charge < -0.3 is 15.2 Å². The zero-order valence-electron chi connectivity index (χ0n) is 10.8. The number of aliphatic hydroxyl groups excluding tert-OH is 1. The van der Waals surface area contributed by atoms with Gasteiger partial charge in [0.25, 0.3) is 5.91 Å². The molecule has 6 nitrogen and oxygen atoms in total. The van der Waals surface area contributed by atoms with E-state index in [1.165, 1.54) is 0 Å². The highest BCUT2D eigenvalue weighted by atomic mass is 16.5. The Morgan fingerprint density at radius 1 is 1.32 bits per heavy atom. The molecule has 2 rings (SSSR count). The molecular formula is C13H16N2O4. The monoisotopic (exact) mass is 264 g/mol. The minimum Gasteiger partial charge on any atom is -0.497 e. The number of hydrogen-bond acceptors (Lipinski definition) is 4. The minimum atomic E-state index is -1.10. The minimum absolute atomic E-state index is 0.00356. The number of nitrogens with one attached hydrogen (secondary N) is 1. The second-order valence-corrected chi connectivity index (χ2v) is 4.46. The van der Waals surface area contributed by atoms with E-state index in [9.17, 15) is 9.59 Å². The third-order valence-electron chi connectivity index (χ3n) is 3.27. The molecule has 1 aromatic rings. The maximum atomic E-state index is 12.3. The van der Waals surface area contributed by atoms with Crippen molar-refractivity contribution >= 4 is 11.9 Å². The predicted molar refractivity (Wildman–Crippen MR) is 67.7 cm³/mol. The van der Waals surface area contributed by atoms with E-state index in [4.69, 9.17) is 9.84 Å². The molecule has 102 valence electrons. The highest BCUT2D eigenvalue weighted by Crippen LogP contribution is 2.29. The first-order valence-electron chi connectivity index (χ1n) is 5.92. The number of amides is 3. The van der Waals surface area contributed by atoms with Crippen LogP contribution in [0.3, 0.4) is 0 Å². The topological polar surface area (TPSA) is 78.9 Å². The van der Waals surface area contributed by atoms with Gasteiger partial charge in [0.2, 0.25) is 0 Å². The Balaban J connectivity index is 2.32. The standard InChI is InChI=1S/C13H16N2O4/c1-13(9-3-5-10(19-2)6-4-9)11(17)15(7-8-16)12(18)14-13/h3-6,16H,7-8H2,1-2H3,(H,14,18). The van der Waals surface area contributed by atoms with E-state index < -0.39 is 11.6 Å². The number of hydrogen-bond donors (Lipinski definition) is 2. The molecule has 6 heteroatoms. The van der Waals surface area contributed by atoms with Gasteiger partial charge in [-0.25, -0.2) is 4.79 Å². The second-order valence-electron chi connectivity index (χ2n) is 4.46. The summed E-state index contributed by atoms with van der Waals surface area (Å²) in [5.41, 5.74) is -0.425. The number of imide groups is 1. The Morgan fingerprint density at radius 3 is 2.47 bits per heavy atom. The number of nitrogens with zero attached hydrogens (tertiary/aromatic N) is 1. The smallest absolute Gasteiger partial charge is 0.325 e. The van der Waals surface area contributed by atoms with Gasteiger partial charge in [-0.05, 0) is 24.6 Å². The predicted octanol–water partition coefficient (Wildman–Crippen LogP) is 0.454. The average Bonchev–Trinajstić information content (AvgIpc) is 2.64. The summed E-state index contributed by atoms with van der Waals surface area (Å²) in [6.07, 6.45) is 0. The fourth-order valence-electron chi connectivity index (χ4n) is 2.12. The molecule has 0 saturated carbocycles. The summed E-state index contributed by atoms with van der Waals surface area (Å²) >= 11 is 0. The van der Waals surface area contributed by atoms with E-state index in [1.54, 1.807) is 38.3 Å². The van der Waals surface area contributed by atoms with Gasteiger partial charge in [0, 0.05) is 0 Å². The summed E-state index contributed by atoms with van der Waals surface area (Å²) < 4.78 is 5.06. The van der Waals surface area contributed by atoms with Crippen LogP contribution in [0, 0.1) is 0 Å². The largest absolute Gasteiger partial charge is 0.497 e. The van der Waals surface area contributed by atoms with Gasteiger partial charge in [-0.15, -0.1) is 0 Å². The molecule has 1 unspecified atom stereocenters. The summed E-state index contributed by atoms with van der Waals surface area (Å²) in [7, 11) is 1.56. The molecule has 0 spiro atoms. The van der Waals surface area contributed by atoms with Crippen LogP contribution in [-0.4, -0.2) is 42.2 Å². The summed E-state index contributed by atoms with van der Waals surface area (Å²) in [6.45, 7) is 1.39. The molecule has 1 aliphatic heterocycles. The van der Waals surface area contributed by atoms with Gasteiger partial charge in [0.15, 0.2) is 0 Å². The van der Waals surface area contributed by atoms with Crippen molar-refractivity contribution < 1.29 is 19.4 Å². The lowest BCUT2D eigenvalue weighted by Crippen LogP contribution is -2.41. The zero-order chi connectivity index (χ0) is 14.0. The summed E-state index contributed by atoms with van der Waals surface area (Å²) in [6, 6.07) is 6.44. The van der Waals surface area contributed by atoms with E-state index >= 15 is 0 Å². The number of aliphatic hydroxyl groups is 1. The van der Waals surface area contributed by atoms with Gasteiger partial charge in [0.05, 0.1) is 20.3 Å². The van der Waals surface area contributed by atoms with Gasteiger partial charge in [-0.3, -0.25) is 9.69 Å². The zero-order valence-corrected chi connectivity index (χ0v) is 10.8. The third-order valence-corrected chi connectivity index (χ3v) is 3.27. The molecule has 0 aromatic heterocycles. The molecule has 1 aliphatic rings. The number of β-amino-alcohol motifs (C(OH)–C–C–N with tert-alkyl or cyclic N) is 1. The van der Waals surface area contributed by atoms with Crippen LogP contribution in [0.15, 0.2) is 24.3 Å². The highest BCUT2D eigenvalue weighted by Gasteiger charge is 2.48. The summed E-state index contributed by atoms with van der Waals surface area (Å²) in [5.74, 6) is 0.313. The fourth-order valence-corrected chi connectivity index (χ4v) is 2.12. The molecule has 3 amide bonds. The van der Waals surface area contributed by atoms with Gasteiger partial charge in [0.1, 0.15) is 11.3 Å². The van der Waals surface area contributed by atoms with Crippen molar-refractivity contribution in [2.45, 2.75) is 12.5 Å². The number of methoxy groups -OCH3 is 1. The second kappa shape index (κ2) is 4.89. The fraction of sp³-hybridized carbons (Fsp3) is 0.385. The van der Waals surface area contributed by atoms with Crippen LogP contribution in [0.2, 0.25) is 0 Å². The molecule has 0 radical (unpaired) electrons. The highest BCUT2D eigenvalue weighted by molar-refractivity contribution is 6.07. The maximum Gasteiger partial charge on any atom is 0.325 e. The SMILES string of the molecule is COc1ccc(C2(C)NC(=O)N(CCO)C2=O)cc1. The van der Waals surface area contributed by atoms with Crippen LogP contribution in [0.5, 0.6) is 5.75 Å². The van der Waals surface area contributed by atoms with Crippen LogP contribution in [0.25, 0.3) is 0 Å². The molecule has 1 heterocycles. The van der Waals surface area contributed by atoms with Gasteiger partial charge in [-0.2, -0.15) is 0 Å². The Labute approximate surface area is 111 Å². The molecule has 1 fully saturated rings. The van der Waals surface area contributed by atoms with Crippen LogP contribution in [0.4, 0.5) is 4.79 Å². The van der Waals surface area contributed by atoms with Crippen molar-refractivity contribution in [3.63, 3.8) is 0 Å². The van der Waals surface area contributed by atoms with Gasteiger partial charge >= 0.3 is 6.03 Å². The van der Waals surface area contributed by atoms with E-state index in [0.29, 0.717) is 11.3 Å². The molecular weight excluding hydrogens is 248 g/mol. The number of urea groups is 1. The average molecular weight is 264 g/mol. The quantitative estimate of drug-likeness (QED) is 0.774. The Bertz CT molecular complexity index is 500. The number of ether oxygens (including phenoxy) is 1. The first kappa shape index (κ1) is 13.4. The lowest BCUT2D eigenvalue weighted by atomic mass is 9.92. The van der Waals surface area contributed by atoms with E-state index in [0.717, 1.165) is 4.90 Å². The van der Waals surface area contributed by atoms with Crippen molar-refractivity contribution in [3.05, 3.63) is 29.8 Å². The molecule has 1 atom stereocenters. The lowest BCUT2D eigenvalue weighted by Gasteiger charge is -2.22. The summed E-state index contributed by atoms with van der Waals surface area (Å²) in [4.78, 5) is 25.0. The number of carbonyl (C=O) groups excluding carboxylic acids is 2. The van der Waals surface area contributed by atoms with Gasteiger partial charge in [-0.1, -0.05) is 12.1 Å². The van der Waals surface area contributed by atoms with Crippen LogP contribution >= 0.6 is 0 Å². The lowest BCUT2D eigenvalue weighted by molar-refractivity contribution is -0.131. The van der Waals surface area contributed by atoms with Crippen molar-refractivity contribution in [2.24, 2.45) is 0 Å². The number of carbonyl (C=O) groups is 2. The molecule has 2 N–H and O–H groups in total. The van der Waals surface area contributed by atoms with Crippen LogP contribution in [0.1, 0.15) is 12.5 Å². The van der Waals surface area contributed by atoms with Crippen molar-refractivity contribution in [1.29, 1.82) is 0 Å². The number of benzene rings is 1. The van der Waals surface area contributed by atoms with Crippen LogP contribution in [-0.2, 0) is 10.3 Å². The number of rotatable bonds is 4. The normalized spacial score (nSPS) is 22.6. The Hall–Kier alpha value is -2.08. The first-order valence-corrected chi connectivity index (χ1v) is 5.92. The van der Waals surface area contributed by atoms with Crippen molar-refractivity contribution in [2.75, 3.05) is 20.3 Å². The van der Waals surface area contributed by atoms with Crippen LogP contribution < -0.4 is 10.1 Å². The summed E-state index contributed by atoms with van der Waals surface area (Å²) in [5, 5.41) is 11.5. The first-order chi connectivity index (χ1) is 9.02. The van der Waals surface area contributed by atoms with E-state index in [-0.39, 0.29) is 19.1 Å². The van der Waals surface area contributed by atoms with Crippen molar-refractivity contribution in [3.8, 4) is 5.75 Å². The Kier molecular flexibility index (Phi) is 3.44. The Morgan fingerprint density at radius 2 is 1.95 bits per heavy atom. The molecule has 19 heavy (non-hydrogen) atoms. The molecule has 1 aromatic carbocycles. The van der Waals surface area contributed by atoms with Crippen molar-refractivity contribution in [1.82, 2.24) is 10.2 Å². The molecule has 0 aliphatic carbocycles. The third kappa shape index (κ3) is 2.15. The van der Waals surface area contributed by atoms with E-state index in [1.807, 2.05) is 0 Å². The maximum absolute atomic E-state index is 12.3. The molecule has 1 saturated heterocycles. The molecule has 0 bridgehead atoms.